The largest absolute Gasteiger partial charge is 0.494 e. The van der Waals surface area contributed by atoms with Gasteiger partial charge in [0.05, 0.1) is 13.7 Å². The maximum Gasteiger partial charge on any atom is 0.172 e. The molecule has 0 atom stereocenters. The summed E-state index contributed by atoms with van der Waals surface area (Å²) in [7, 11) is 1.36. The Labute approximate surface area is 69.6 Å². The van der Waals surface area contributed by atoms with Crippen molar-refractivity contribution in [2.75, 3.05) is 12.8 Å². The molecule has 0 aliphatic heterocycles. The quantitative estimate of drug-likeness (QED) is 0.650. The number of methoxy groups -OCH3 is 1. The molecule has 0 aliphatic rings. The zero-order valence-electron chi connectivity index (χ0n) is 6.67. The molecule has 0 unspecified atom stereocenters. The molecule has 1 rings (SSSR count). The highest BCUT2D eigenvalue weighted by Gasteiger charge is 2.10. The van der Waals surface area contributed by atoms with Gasteiger partial charge in [-0.05, 0) is 12.1 Å². The molecular weight excluding hydrogens is 161 g/mol. The molecule has 1 aromatic carbocycles. The normalized spacial score (nSPS) is 9.92. The third-order valence-electron chi connectivity index (χ3n) is 1.62. The van der Waals surface area contributed by atoms with Crippen LogP contribution in [0.4, 0.5) is 10.1 Å². The summed E-state index contributed by atoms with van der Waals surface area (Å²) in [6, 6.07) is 2.91. The van der Waals surface area contributed by atoms with Crippen LogP contribution in [0, 0.1) is 5.82 Å². The maximum absolute atomic E-state index is 13.2. The van der Waals surface area contributed by atoms with Crippen molar-refractivity contribution in [3.63, 3.8) is 0 Å². The fraction of sp³-hybridized carbons (Fsp3) is 0.250. The number of halogens is 1. The van der Waals surface area contributed by atoms with Crippen molar-refractivity contribution >= 4 is 5.69 Å². The number of hydrogen-bond acceptors (Lipinski definition) is 3. The van der Waals surface area contributed by atoms with Crippen LogP contribution in [0.5, 0.6) is 5.75 Å². The molecule has 0 saturated carbocycles. The number of ether oxygens (including phenoxy) is 1. The predicted molar refractivity (Wildman–Crippen MR) is 43.3 cm³/mol. The standard InChI is InChI=1S/C8H10FNO2/c1-12-7-3-2-6(10)5(4-11)8(7)9/h2-3,11H,4,10H2,1H3. The van der Waals surface area contributed by atoms with Crippen molar-refractivity contribution in [3.8, 4) is 5.75 Å². The molecule has 0 spiro atoms. The molecule has 0 radical (unpaired) electrons. The summed E-state index contributed by atoms with van der Waals surface area (Å²) in [4.78, 5) is 0. The van der Waals surface area contributed by atoms with Crippen LogP contribution in [0.3, 0.4) is 0 Å². The lowest BCUT2D eigenvalue weighted by Crippen LogP contribution is -2.00. The SMILES string of the molecule is COc1ccc(N)c(CO)c1F. The first-order valence-corrected chi connectivity index (χ1v) is 3.42. The summed E-state index contributed by atoms with van der Waals surface area (Å²) in [6.45, 7) is -0.422. The molecule has 0 aliphatic carbocycles. The highest BCUT2D eigenvalue weighted by atomic mass is 19.1. The molecule has 3 N–H and O–H groups in total. The van der Waals surface area contributed by atoms with E-state index in [-0.39, 0.29) is 17.0 Å². The molecule has 0 amide bonds. The Hall–Kier alpha value is -1.29. The molecule has 0 saturated heterocycles. The Kier molecular flexibility index (Phi) is 2.50. The third-order valence-corrected chi connectivity index (χ3v) is 1.62. The number of benzene rings is 1. The van der Waals surface area contributed by atoms with Crippen molar-refractivity contribution in [2.24, 2.45) is 0 Å². The lowest BCUT2D eigenvalue weighted by Gasteiger charge is -2.07. The minimum Gasteiger partial charge on any atom is -0.494 e. The van der Waals surface area contributed by atoms with Gasteiger partial charge in [-0.25, -0.2) is 4.39 Å². The first kappa shape index (κ1) is 8.80. The number of hydrogen-bond donors (Lipinski definition) is 2. The second kappa shape index (κ2) is 3.40. The van der Waals surface area contributed by atoms with E-state index in [0.29, 0.717) is 0 Å². The Bertz CT molecular complexity index is 289. The number of aliphatic hydroxyl groups excluding tert-OH is 1. The predicted octanol–water partition coefficient (Wildman–Crippen LogP) is 0.909. The smallest absolute Gasteiger partial charge is 0.172 e. The van der Waals surface area contributed by atoms with Crippen molar-refractivity contribution in [1.29, 1.82) is 0 Å². The molecule has 0 bridgehead atoms. The summed E-state index contributed by atoms with van der Waals surface area (Å²) in [5.74, 6) is -0.506. The van der Waals surface area contributed by atoms with E-state index in [4.69, 9.17) is 15.6 Å². The van der Waals surface area contributed by atoms with Crippen LogP contribution in [-0.4, -0.2) is 12.2 Å². The van der Waals surface area contributed by atoms with Gasteiger partial charge in [0, 0.05) is 11.3 Å². The van der Waals surface area contributed by atoms with Crippen LogP contribution in [0.25, 0.3) is 0 Å². The summed E-state index contributed by atoms with van der Waals surface area (Å²) < 4.78 is 17.9. The van der Waals surface area contributed by atoms with Crippen LogP contribution >= 0.6 is 0 Å². The van der Waals surface area contributed by atoms with E-state index in [1.165, 1.54) is 19.2 Å². The highest BCUT2D eigenvalue weighted by Crippen LogP contribution is 2.24. The van der Waals surface area contributed by atoms with Crippen molar-refractivity contribution in [2.45, 2.75) is 6.61 Å². The first-order chi connectivity index (χ1) is 5.70. The van der Waals surface area contributed by atoms with Crippen molar-refractivity contribution in [1.82, 2.24) is 0 Å². The van der Waals surface area contributed by atoms with Crippen LogP contribution in [0.1, 0.15) is 5.56 Å². The van der Waals surface area contributed by atoms with E-state index >= 15 is 0 Å². The Balaban J connectivity index is 3.24. The molecular formula is C8H10FNO2. The second-order valence-electron chi connectivity index (χ2n) is 2.31. The van der Waals surface area contributed by atoms with Gasteiger partial charge < -0.3 is 15.6 Å². The number of aliphatic hydroxyl groups is 1. The van der Waals surface area contributed by atoms with E-state index in [2.05, 4.69) is 0 Å². The van der Waals surface area contributed by atoms with Gasteiger partial charge in [-0.2, -0.15) is 0 Å². The van der Waals surface area contributed by atoms with E-state index in [9.17, 15) is 4.39 Å². The molecule has 0 heterocycles. The molecule has 66 valence electrons. The minimum absolute atomic E-state index is 0.0781. The van der Waals surface area contributed by atoms with Crippen LogP contribution in [0.15, 0.2) is 12.1 Å². The Morgan fingerprint density at radius 1 is 1.58 bits per heavy atom. The van der Waals surface area contributed by atoms with Gasteiger partial charge >= 0.3 is 0 Å². The zero-order chi connectivity index (χ0) is 9.14. The molecule has 1 aromatic rings. The van der Waals surface area contributed by atoms with Gasteiger partial charge in [-0.3, -0.25) is 0 Å². The van der Waals surface area contributed by atoms with E-state index < -0.39 is 12.4 Å². The zero-order valence-corrected chi connectivity index (χ0v) is 6.67. The number of nitrogen functional groups attached to an aromatic ring is 1. The number of anilines is 1. The van der Waals surface area contributed by atoms with Gasteiger partial charge in [0.25, 0.3) is 0 Å². The van der Waals surface area contributed by atoms with E-state index in [1.807, 2.05) is 0 Å². The number of nitrogens with two attached hydrogens (primary N) is 1. The van der Waals surface area contributed by atoms with Crippen LogP contribution < -0.4 is 10.5 Å². The van der Waals surface area contributed by atoms with Crippen LogP contribution in [-0.2, 0) is 6.61 Å². The summed E-state index contributed by atoms with van der Waals surface area (Å²) in [5.41, 5.74) is 5.71. The fourth-order valence-corrected chi connectivity index (χ4v) is 0.933. The van der Waals surface area contributed by atoms with Gasteiger partial charge in [0.2, 0.25) is 0 Å². The van der Waals surface area contributed by atoms with Gasteiger partial charge in [-0.1, -0.05) is 0 Å². The Morgan fingerprint density at radius 2 is 2.25 bits per heavy atom. The Morgan fingerprint density at radius 3 is 2.75 bits per heavy atom. The second-order valence-corrected chi connectivity index (χ2v) is 2.31. The summed E-state index contributed by atoms with van der Waals surface area (Å²) >= 11 is 0. The molecule has 4 heteroatoms. The molecule has 12 heavy (non-hydrogen) atoms. The average molecular weight is 171 g/mol. The van der Waals surface area contributed by atoms with Crippen molar-refractivity contribution < 1.29 is 14.2 Å². The summed E-state index contributed by atoms with van der Waals surface area (Å²) in [6.07, 6.45) is 0. The van der Waals surface area contributed by atoms with E-state index in [1.54, 1.807) is 0 Å². The van der Waals surface area contributed by atoms with E-state index in [0.717, 1.165) is 0 Å². The van der Waals surface area contributed by atoms with Crippen molar-refractivity contribution in [3.05, 3.63) is 23.5 Å². The highest BCUT2D eigenvalue weighted by molar-refractivity contribution is 5.51. The first-order valence-electron chi connectivity index (χ1n) is 3.42. The van der Waals surface area contributed by atoms with Gasteiger partial charge in [0.15, 0.2) is 11.6 Å². The maximum atomic E-state index is 13.2. The molecule has 0 fully saturated rings. The molecule has 3 nitrogen and oxygen atoms in total. The summed E-state index contributed by atoms with van der Waals surface area (Å²) in [5, 5.41) is 8.74. The lowest BCUT2D eigenvalue weighted by atomic mass is 10.1. The van der Waals surface area contributed by atoms with Gasteiger partial charge in [-0.15, -0.1) is 0 Å². The molecule has 0 aromatic heterocycles. The lowest BCUT2D eigenvalue weighted by molar-refractivity contribution is 0.273. The van der Waals surface area contributed by atoms with Crippen LogP contribution in [0.2, 0.25) is 0 Å². The average Bonchev–Trinajstić information content (AvgIpc) is 2.06. The fourth-order valence-electron chi connectivity index (χ4n) is 0.933. The third kappa shape index (κ3) is 1.33. The topological polar surface area (TPSA) is 55.5 Å². The number of rotatable bonds is 2. The minimum atomic E-state index is -0.597. The van der Waals surface area contributed by atoms with Gasteiger partial charge in [0.1, 0.15) is 0 Å². The monoisotopic (exact) mass is 171 g/mol.